The first-order valence-electron chi connectivity index (χ1n) is 8.78. The summed E-state index contributed by atoms with van der Waals surface area (Å²) in [4.78, 5) is 3.59. The van der Waals surface area contributed by atoms with Crippen LogP contribution in [-0.2, 0) is 19.6 Å². The van der Waals surface area contributed by atoms with E-state index in [4.69, 9.17) is 4.74 Å². The molecule has 4 aromatic rings. The van der Waals surface area contributed by atoms with Crippen molar-refractivity contribution in [1.29, 1.82) is 0 Å². The number of rotatable bonds is 3. The van der Waals surface area contributed by atoms with Gasteiger partial charge in [-0.05, 0) is 35.4 Å². The van der Waals surface area contributed by atoms with E-state index in [9.17, 15) is 0 Å². The number of ether oxygens (including phenoxy) is 1. The van der Waals surface area contributed by atoms with Crippen LogP contribution in [0.5, 0.6) is 5.75 Å². The Morgan fingerprint density at radius 2 is 1.81 bits per heavy atom. The average molecular weight is 486 g/mol. The molecule has 3 nitrogen and oxygen atoms in total. The molecule has 0 aliphatic carbocycles. The maximum absolute atomic E-state index is 6.00. The van der Waals surface area contributed by atoms with Crippen LogP contribution in [0.3, 0.4) is 0 Å². The third kappa shape index (κ3) is 3.42. The number of nitrogens with one attached hydrogen (secondary N) is 1. The molecule has 1 aliphatic rings. The second-order valence-corrected chi connectivity index (χ2v) is 7.55. The summed E-state index contributed by atoms with van der Waals surface area (Å²) in [5.41, 5.74) is 6.25. The van der Waals surface area contributed by atoms with Crippen LogP contribution >= 0.6 is 15.9 Å². The van der Waals surface area contributed by atoms with Gasteiger partial charge in [-0.15, -0.1) is 0 Å². The number of fused-ring (bicyclic) bond motifs is 5. The molecule has 0 fully saturated rings. The predicted octanol–water partition coefficient (Wildman–Crippen LogP) is 2.02. The highest BCUT2D eigenvalue weighted by Gasteiger charge is 2.26. The molecule has 2 aromatic carbocycles. The van der Waals surface area contributed by atoms with Crippen LogP contribution in [0.4, 0.5) is 0 Å². The zero-order valence-electron chi connectivity index (χ0n) is 14.6. The summed E-state index contributed by atoms with van der Waals surface area (Å²) in [6.07, 6.45) is 3.15. The fraction of sp³-hybridized carbons (Fsp3) is 0.136. The minimum atomic E-state index is 0. The van der Waals surface area contributed by atoms with Gasteiger partial charge in [0.15, 0.2) is 12.3 Å². The van der Waals surface area contributed by atoms with Crippen LogP contribution < -0.4 is 26.3 Å². The lowest BCUT2D eigenvalue weighted by Crippen LogP contribution is -3.00. The van der Waals surface area contributed by atoms with E-state index in [0.717, 1.165) is 28.8 Å². The smallest absolute Gasteiger partial charge is 0.229 e. The van der Waals surface area contributed by atoms with E-state index in [0.29, 0.717) is 6.61 Å². The Hall–Kier alpha value is -2.11. The Labute approximate surface area is 176 Å². The molecule has 27 heavy (non-hydrogen) atoms. The number of hydrogen-bond donors (Lipinski definition) is 1. The van der Waals surface area contributed by atoms with Gasteiger partial charge in [0.25, 0.3) is 0 Å². The summed E-state index contributed by atoms with van der Waals surface area (Å²) < 4.78 is 9.37. The summed E-state index contributed by atoms with van der Waals surface area (Å²) in [6, 6.07) is 21.0. The Morgan fingerprint density at radius 1 is 1.00 bits per heavy atom. The molecule has 3 heterocycles. The van der Waals surface area contributed by atoms with Crippen molar-refractivity contribution < 1.29 is 26.3 Å². The molecule has 5 rings (SSSR count). The fourth-order valence-electron chi connectivity index (χ4n) is 3.68. The molecule has 136 valence electrons. The van der Waals surface area contributed by atoms with Crippen LogP contribution in [-0.4, -0.2) is 4.98 Å². The van der Waals surface area contributed by atoms with Gasteiger partial charge < -0.3 is 26.7 Å². The largest absolute Gasteiger partial charge is 1.00 e. The van der Waals surface area contributed by atoms with E-state index in [1.807, 2.05) is 12.1 Å². The molecular formula is C22H18Br2N2O. The molecule has 1 N–H and O–H groups in total. The van der Waals surface area contributed by atoms with Gasteiger partial charge in [-0.3, -0.25) is 0 Å². The highest BCUT2D eigenvalue weighted by atomic mass is 79.9. The zero-order valence-corrected chi connectivity index (χ0v) is 17.8. The number of H-pyrrole nitrogens is 1. The van der Waals surface area contributed by atoms with E-state index in [1.54, 1.807) is 0 Å². The van der Waals surface area contributed by atoms with Crippen molar-refractivity contribution in [2.24, 2.45) is 0 Å². The maximum atomic E-state index is 6.00. The summed E-state index contributed by atoms with van der Waals surface area (Å²) in [6.45, 7) is 1.55. The van der Waals surface area contributed by atoms with Gasteiger partial charge in [0.2, 0.25) is 11.9 Å². The summed E-state index contributed by atoms with van der Waals surface area (Å²) in [5, 5.41) is 1.34. The van der Waals surface area contributed by atoms with E-state index >= 15 is 0 Å². The first-order valence-corrected chi connectivity index (χ1v) is 9.58. The van der Waals surface area contributed by atoms with Crippen LogP contribution in [0.1, 0.15) is 11.1 Å². The predicted molar refractivity (Wildman–Crippen MR) is 106 cm³/mol. The molecule has 0 unspecified atom stereocenters. The third-order valence-corrected chi connectivity index (χ3v) is 5.52. The van der Waals surface area contributed by atoms with Crippen LogP contribution in [0.25, 0.3) is 22.3 Å². The fourth-order valence-corrected chi connectivity index (χ4v) is 3.94. The van der Waals surface area contributed by atoms with Gasteiger partial charge in [-0.25, -0.2) is 0 Å². The number of hydrogen-bond acceptors (Lipinski definition) is 1. The maximum Gasteiger partial charge on any atom is 0.229 e. The molecule has 0 radical (unpaired) electrons. The Bertz CT molecular complexity index is 1100. The number of aryl methyl sites for hydroxylation is 2. The molecule has 0 amide bonds. The Morgan fingerprint density at radius 3 is 2.67 bits per heavy atom. The minimum absolute atomic E-state index is 0. The van der Waals surface area contributed by atoms with Crippen LogP contribution in [0.15, 0.2) is 71.3 Å². The second kappa shape index (κ2) is 7.49. The van der Waals surface area contributed by atoms with E-state index in [1.165, 1.54) is 27.9 Å². The molecule has 0 spiro atoms. The van der Waals surface area contributed by atoms with Gasteiger partial charge >= 0.3 is 0 Å². The minimum Gasteiger partial charge on any atom is -1.00 e. The van der Waals surface area contributed by atoms with E-state index in [-0.39, 0.29) is 17.0 Å². The highest BCUT2D eigenvalue weighted by Crippen LogP contribution is 2.32. The average Bonchev–Trinajstić information content (AvgIpc) is 3.06. The van der Waals surface area contributed by atoms with Crippen molar-refractivity contribution in [1.82, 2.24) is 4.98 Å². The van der Waals surface area contributed by atoms with E-state index < -0.39 is 0 Å². The van der Waals surface area contributed by atoms with E-state index in [2.05, 4.69) is 80.2 Å². The lowest BCUT2D eigenvalue weighted by molar-refractivity contribution is -0.688. The number of aromatic nitrogens is 2. The topological polar surface area (TPSA) is 28.9 Å². The zero-order chi connectivity index (χ0) is 17.5. The van der Waals surface area contributed by atoms with Crippen LogP contribution in [0, 0.1) is 0 Å². The molecular weight excluding hydrogens is 468 g/mol. The monoisotopic (exact) mass is 484 g/mol. The molecule has 0 bridgehead atoms. The van der Waals surface area contributed by atoms with Crippen molar-refractivity contribution >= 4 is 26.8 Å². The molecule has 2 aromatic heterocycles. The quantitative estimate of drug-likeness (QED) is 0.442. The Kier molecular flexibility index (Phi) is 5.06. The summed E-state index contributed by atoms with van der Waals surface area (Å²) in [5.74, 6) is 0.899. The van der Waals surface area contributed by atoms with Crippen molar-refractivity contribution in [3.05, 3.63) is 82.5 Å². The second-order valence-electron chi connectivity index (χ2n) is 6.63. The highest BCUT2D eigenvalue weighted by molar-refractivity contribution is 9.10. The van der Waals surface area contributed by atoms with Crippen LogP contribution in [0.2, 0.25) is 0 Å². The number of para-hydroxylation sites is 1. The number of nitrogens with zero attached hydrogens (tertiary/aromatic N) is 1. The molecule has 1 aliphatic heterocycles. The number of aromatic amines is 1. The molecule has 0 atom stereocenters. The first-order chi connectivity index (χ1) is 12.8. The van der Waals surface area contributed by atoms with Gasteiger partial charge in [-0.1, -0.05) is 46.3 Å². The summed E-state index contributed by atoms with van der Waals surface area (Å²) in [7, 11) is 0. The van der Waals surface area contributed by atoms with Crippen molar-refractivity contribution in [2.45, 2.75) is 19.6 Å². The van der Waals surface area contributed by atoms with Gasteiger partial charge in [0.05, 0.1) is 0 Å². The number of benzene rings is 2. The summed E-state index contributed by atoms with van der Waals surface area (Å²) >= 11 is 3.46. The number of pyridine rings is 1. The Balaban J connectivity index is 0.00000180. The first kappa shape index (κ1) is 18.3. The van der Waals surface area contributed by atoms with Crippen molar-refractivity contribution in [2.75, 3.05) is 0 Å². The molecule has 0 saturated heterocycles. The van der Waals surface area contributed by atoms with Crippen molar-refractivity contribution in [3.8, 4) is 17.1 Å². The lowest BCUT2D eigenvalue weighted by Gasteiger charge is -2.13. The number of halogens is 2. The SMILES string of the molecule is Brc1ccc(COc2ccc3[n+](c2)CCc2c-3[nH]c3ccccc23)cc1.[Br-]. The molecule has 0 saturated carbocycles. The molecule has 5 heteroatoms. The van der Waals surface area contributed by atoms with Gasteiger partial charge in [-0.2, -0.15) is 4.57 Å². The van der Waals surface area contributed by atoms with Crippen molar-refractivity contribution in [3.63, 3.8) is 0 Å². The third-order valence-electron chi connectivity index (χ3n) is 4.99. The van der Waals surface area contributed by atoms with Gasteiger partial charge in [0.1, 0.15) is 12.3 Å². The lowest BCUT2D eigenvalue weighted by atomic mass is 10.0. The normalized spacial score (nSPS) is 12.2. The van der Waals surface area contributed by atoms with Gasteiger partial charge in [0, 0.05) is 27.9 Å². The standard InChI is InChI=1S/C22H17BrN2O.BrH/c23-16-7-5-15(6-8-16)14-26-17-9-10-21-22-19(11-12-25(21)13-17)18-3-1-2-4-20(18)24-22;/h1-10,13H,11-12,14H2;1H.